The second kappa shape index (κ2) is 7.66. The summed E-state index contributed by atoms with van der Waals surface area (Å²) in [6.45, 7) is 2.37. The molecule has 2 rings (SSSR count). The highest BCUT2D eigenvalue weighted by molar-refractivity contribution is 7.99. The maximum atomic E-state index is 12.7. The Morgan fingerprint density at radius 1 is 1.30 bits per heavy atom. The van der Waals surface area contributed by atoms with Crippen LogP contribution in [0, 0.1) is 5.41 Å². The zero-order valence-corrected chi connectivity index (χ0v) is 13.6. The number of carbonyl (C=O) groups excluding carboxylic acids is 1. The van der Waals surface area contributed by atoms with Crippen molar-refractivity contribution < 1.29 is 9.53 Å². The number of nitrogens with one attached hydrogen (secondary N) is 2. The Balaban J connectivity index is 1.88. The van der Waals surface area contributed by atoms with Gasteiger partial charge in [0.05, 0.1) is 12.0 Å². The molecule has 0 aromatic carbocycles. The first-order valence-corrected chi connectivity index (χ1v) is 9.02. The van der Waals surface area contributed by atoms with Crippen molar-refractivity contribution in [3.05, 3.63) is 0 Å². The average molecular weight is 300 g/mol. The molecule has 0 bridgehead atoms. The largest absolute Gasteiger partial charge is 0.384 e. The van der Waals surface area contributed by atoms with Gasteiger partial charge < -0.3 is 15.4 Å². The molecule has 1 heterocycles. The van der Waals surface area contributed by atoms with Crippen molar-refractivity contribution >= 4 is 17.7 Å². The molecule has 2 N–H and O–H groups in total. The Kier molecular flexibility index (Phi) is 6.18. The van der Waals surface area contributed by atoms with E-state index in [1.54, 1.807) is 7.11 Å². The molecular weight excluding hydrogens is 272 g/mol. The number of hydrogen-bond acceptors (Lipinski definition) is 4. The van der Waals surface area contributed by atoms with Crippen LogP contribution in [0.15, 0.2) is 0 Å². The molecule has 0 aromatic rings. The SMILES string of the molecule is COCC1(C(=O)NC2CCC(SC)CC2)CCNCC1. The van der Waals surface area contributed by atoms with Gasteiger partial charge in [0.15, 0.2) is 0 Å². The van der Waals surface area contributed by atoms with Crippen molar-refractivity contribution in [2.24, 2.45) is 5.41 Å². The van der Waals surface area contributed by atoms with Gasteiger partial charge in [-0.15, -0.1) is 0 Å². The van der Waals surface area contributed by atoms with Crippen molar-refractivity contribution in [1.82, 2.24) is 10.6 Å². The van der Waals surface area contributed by atoms with E-state index in [0.29, 0.717) is 12.6 Å². The number of methoxy groups -OCH3 is 1. The summed E-state index contributed by atoms with van der Waals surface area (Å²) in [6, 6.07) is 0.370. The van der Waals surface area contributed by atoms with Gasteiger partial charge in [-0.05, 0) is 57.9 Å². The zero-order chi connectivity index (χ0) is 14.4. The van der Waals surface area contributed by atoms with E-state index >= 15 is 0 Å². The Bertz CT molecular complexity index is 305. The molecule has 1 aliphatic carbocycles. The summed E-state index contributed by atoms with van der Waals surface area (Å²) >= 11 is 1.96. The summed E-state index contributed by atoms with van der Waals surface area (Å²) in [5.41, 5.74) is -0.309. The lowest BCUT2D eigenvalue weighted by atomic mass is 9.78. The summed E-state index contributed by atoms with van der Waals surface area (Å²) in [4.78, 5) is 12.7. The van der Waals surface area contributed by atoms with Gasteiger partial charge in [0.2, 0.25) is 5.91 Å². The van der Waals surface area contributed by atoms with Crippen molar-refractivity contribution in [3.8, 4) is 0 Å². The Labute approximate surface area is 126 Å². The third kappa shape index (κ3) is 3.89. The standard InChI is InChI=1S/C15H28N2O2S/c1-19-11-15(7-9-16-10-8-15)14(18)17-12-3-5-13(20-2)6-4-12/h12-13,16H,3-11H2,1-2H3,(H,17,18). The lowest BCUT2D eigenvalue weighted by Crippen LogP contribution is -2.53. The maximum Gasteiger partial charge on any atom is 0.228 e. The van der Waals surface area contributed by atoms with Gasteiger partial charge >= 0.3 is 0 Å². The van der Waals surface area contributed by atoms with E-state index in [-0.39, 0.29) is 11.3 Å². The van der Waals surface area contributed by atoms with Crippen LogP contribution in [0.1, 0.15) is 38.5 Å². The second-order valence-corrected chi connectivity index (χ2v) is 7.28. The molecule has 20 heavy (non-hydrogen) atoms. The number of carbonyl (C=O) groups is 1. The van der Waals surface area contributed by atoms with Gasteiger partial charge in [-0.1, -0.05) is 0 Å². The van der Waals surface area contributed by atoms with Crippen LogP contribution in [0.3, 0.4) is 0 Å². The normalized spacial score (nSPS) is 29.9. The van der Waals surface area contributed by atoms with Crippen molar-refractivity contribution in [2.45, 2.75) is 49.8 Å². The van der Waals surface area contributed by atoms with Gasteiger partial charge in [-0.3, -0.25) is 4.79 Å². The number of rotatable bonds is 5. The quantitative estimate of drug-likeness (QED) is 0.813. The molecule has 0 radical (unpaired) electrons. The summed E-state index contributed by atoms with van der Waals surface area (Å²) in [6.07, 6.45) is 8.65. The number of ether oxygens (including phenoxy) is 1. The fourth-order valence-electron chi connectivity index (χ4n) is 3.40. The fourth-order valence-corrected chi connectivity index (χ4v) is 4.14. The van der Waals surface area contributed by atoms with Gasteiger partial charge in [0, 0.05) is 18.4 Å². The van der Waals surface area contributed by atoms with Crippen LogP contribution in [0.25, 0.3) is 0 Å². The molecule has 0 spiro atoms. The monoisotopic (exact) mass is 300 g/mol. The number of hydrogen-bond donors (Lipinski definition) is 2. The first kappa shape index (κ1) is 16.1. The molecule has 116 valence electrons. The number of thioether (sulfide) groups is 1. The Morgan fingerprint density at radius 3 is 2.50 bits per heavy atom. The van der Waals surface area contributed by atoms with E-state index < -0.39 is 0 Å². The summed E-state index contributed by atoms with van der Waals surface area (Å²) in [5, 5.41) is 7.42. The summed E-state index contributed by atoms with van der Waals surface area (Å²) in [7, 11) is 1.70. The van der Waals surface area contributed by atoms with Crippen molar-refractivity contribution in [3.63, 3.8) is 0 Å². The molecule has 2 fully saturated rings. The summed E-state index contributed by atoms with van der Waals surface area (Å²) < 4.78 is 5.34. The summed E-state index contributed by atoms with van der Waals surface area (Å²) in [5.74, 6) is 0.216. The average Bonchev–Trinajstić information content (AvgIpc) is 2.49. The Morgan fingerprint density at radius 2 is 1.95 bits per heavy atom. The smallest absolute Gasteiger partial charge is 0.228 e. The predicted octanol–water partition coefficient (Wildman–Crippen LogP) is 1.79. The zero-order valence-electron chi connectivity index (χ0n) is 12.7. The van der Waals surface area contributed by atoms with Gasteiger partial charge in [0.1, 0.15) is 0 Å². The molecule has 2 aliphatic rings. The Hall–Kier alpha value is -0.260. The minimum Gasteiger partial charge on any atom is -0.384 e. The highest BCUT2D eigenvalue weighted by atomic mass is 32.2. The molecule has 5 heteroatoms. The van der Waals surface area contributed by atoms with E-state index in [2.05, 4.69) is 16.9 Å². The van der Waals surface area contributed by atoms with Gasteiger partial charge in [-0.2, -0.15) is 11.8 Å². The van der Waals surface area contributed by atoms with Crippen LogP contribution in [0.5, 0.6) is 0 Å². The van der Waals surface area contributed by atoms with Crippen molar-refractivity contribution in [1.29, 1.82) is 0 Å². The third-order valence-corrected chi connectivity index (χ3v) is 5.94. The number of amides is 1. The third-order valence-electron chi connectivity index (χ3n) is 4.81. The van der Waals surface area contributed by atoms with E-state index in [9.17, 15) is 4.79 Å². The molecule has 1 saturated heterocycles. The molecular formula is C15H28N2O2S. The first-order valence-electron chi connectivity index (χ1n) is 7.73. The molecule has 4 nitrogen and oxygen atoms in total. The van der Waals surface area contributed by atoms with E-state index in [1.165, 1.54) is 12.8 Å². The fraction of sp³-hybridized carbons (Fsp3) is 0.933. The molecule has 1 amide bonds. The van der Waals surface area contributed by atoms with Crippen LogP contribution in [0.4, 0.5) is 0 Å². The minimum absolute atomic E-state index is 0.216. The van der Waals surface area contributed by atoms with Gasteiger partial charge in [-0.25, -0.2) is 0 Å². The predicted molar refractivity (Wildman–Crippen MR) is 84.1 cm³/mol. The van der Waals surface area contributed by atoms with Gasteiger partial charge in [0.25, 0.3) is 0 Å². The highest BCUT2D eigenvalue weighted by Gasteiger charge is 2.40. The molecule has 1 aliphatic heterocycles. The molecule has 1 saturated carbocycles. The van der Waals surface area contributed by atoms with Crippen LogP contribution >= 0.6 is 11.8 Å². The van der Waals surface area contributed by atoms with Crippen LogP contribution in [0.2, 0.25) is 0 Å². The second-order valence-electron chi connectivity index (χ2n) is 6.15. The minimum atomic E-state index is -0.309. The van der Waals surface area contributed by atoms with E-state index in [0.717, 1.165) is 44.0 Å². The molecule has 0 atom stereocenters. The number of piperidine rings is 1. The topological polar surface area (TPSA) is 50.4 Å². The van der Waals surface area contributed by atoms with E-state index in [4.69, 9.17) is 4.74 Å². The van der Waals surface area contributed by atoms with Crippen LogP contribution < -0.4 is 10.6 Å². The van der Waals surface area contributed by atoms with Crippen LogP contribution in [-0.4, -0.2) is 50.3 Å². The first-order chi connectivity index (χ1) is 9.70. The molecule has 0 unspecified atom stereocenters. The van der Waals surface area contributed by atoms with Crippen molar-refractivity contribution in [2.75, 3.05) is 33.1 Å². The molecule has 0 aromatic heterocycles. The lowest BCUT2D eigenvalue weighted by Gasteiger charge is -2.38. The van der Waals surface area contributed by atoms with E-state index in [1.807, 2.05) is 11.8 Å². The highest BCUT2D eigenvalue weighted by Crippen LogP contribution is 2.31. The van der Waals surface area contributed by atoms with Crippen LogP contribution in [-0.2, 0) is 9.53 Å². The maximum absolute atomic E-state index is 12.7. The lowest BCUT2D eigenvalue weighted by molar-refractivity contribution is -0.137.